The average Bonchev–Trinajstić information content (AvgIpc) is 2.40. The molecule has 0 aromatic heterocycles. The Balaban J connectivity index is -0.000000234. The maximum absolute atomic E-state index is 10.1. The highest BCUT2D eigenvalue weighted by molar-refractivity contribution is 5.68. The van der Waals surface area contributed by atoms with Gasteiger partial charge in [-0.05, 0) is 19.3 Å². The first-order valence-corrected chi connectivity index (χ1v) is 7.37. The summed E-state index contributed by atoms with van der Waals surface area (Å²) in [5.74, 6) is -1.15. The molecule has 1 unspecified atom stereocenters. The van der Waals surface area contributed by atoms with Crippen LogP contribution in [0.5, 0.6) is 0 Å². The molecule has 21 heavy (non-hydrogen) atoms. The summed E-state index contributed by atoms with van der Waals surface area (Å²) >= 11 is 0. The van der Waals surface area contributed by atoms with Gasteiger partial charge in [-0.2, -0.15) is 0 Å². The standard InChI is InChI=1S/C6H12O2.C5H12O2.C4H8O2/c1-3-4-5-8-6(2)7;1-2-5(7)3-4-6;1-3(2)4(5)6/h3-5H2,1-2H3;5-7H,2-4H2,1H3;3H,1-2H3,(H,5,6). The van der Waals surface area contributed by atoms with Gasteiger partial charge in [0.15, 0.2) is 0 Å². The third kappa shape index (κ3) is 32.4. The maximum Gasteiger partial charge on any atom is 0.305 e. The number of ether oxygens (including phenoxy) is 1. The monoisotopic (exact) mass is 308 g/mol. The third-order valence-electron chi connectivity index (χ3n) is 2.23. The molecule has 0 aliphatic rings. The smallest absolute Gasteiger partial charge is 0.305 e. The lowest BCUT2D eigenvalue weighted by Crippen LogP contribution is -2.05. The number of hydrogen-bond acceptors (Lipinski definition) is 5. The number of unbranched alkanes of at least 4 members (excludes halogenated alkanes) is 1. The number of hydrogen-bond donors (Lipinski definition) is 3. The largest absolute Gasteiger partial charge is 0.481 e. The summed E-state index contributed by atoms with van der Waals surface area (Å²) in [5.41, 5.74) is 0. The fourth-order valence-electron chi connectivity index (χ4n) is 0.713. The minimum Gasteiger partial charge on any atom is -0.481 e. The van der Waals surface area contributed by atoms with Crippen LogP contribution >= 0.6 is 0 Å². The summed E-state index contributed by atoms with van der Waals surface area (Å²) in [7, 11) is 0. The molecule has 0 saturated heterocycles. The Bertz CT molecular complexity index is 240. The lowest BCUT2D eigenvalue weighted by Gasteiger charge is -2.01. The van der Waals surface area contributed by atoms with Gasteiger partial charge in [-0.1, -0.05) is 34.1 Å². The summed E-state index contributed by atoms with van der Waals surface area (Å²) in [6.45, 7) is 9.32. The predicted octanol–water partition coefficient (Wildman–Crippen LogP) is 2.22. The quantitative estimate of drug-likeness (QED) is 0.492. The van der Waals surface area contributed by atoms with Gasteiger partial charge in [0.25, 0.3) is 0 Å². The Kier molecular flexibility index (Phi) is 22.3. The van der Waals surface area contributed by atoms with Crippen molar-refractivity contribution in [1.29, 1.82) is 0 Å². The summed E-state index contributed by atoms with van der Waals surface area (Å²) < 4.78 is 4.64. The van der Waals surface area contributed by atoms with Crippen LogP contribution in [0.25, 0.3) is 0 Å². The van der Waals surface area contributed by atoms with Crippen LogP contribution in [0, 0.1) is 5.92 Å². The highest BCUT2D eigenvalue weighted by Crippen LogP contribution is 1.92. The number of rotatable bonds is 7. The van der Waals surface area contributed by atoms with Crippen molar-refractivity contribution in [2.75, 3.05) is 13.2 Å². The van der Waals surface area contributed by atoms with E-state index in [-0.39, 0.29) is 24.6 Å². The van der Waals surface area contributed by atoms with E-state index < -0.39 is 5.97 Å². The van der Waals surface area contributed by atoms with Crippen LogP contribution in [-0.2, 0) is 14.3 Å². The Morgan fingerprint density at radius 2 is 1.67 bits per heavy atom. The lowest BCUT2D eigenvalue weighted by atomic mass is 10.2. The van der Waals surface area contributed by atoms with E-state index >= 15 is 0 Å². The molecule has 3 N–H and O–H groups in total. The molecule has 6 heteroatoms. The van der Waals surface area contributed by atoms with Crippen molar-refractivity contribution in [1.82, 2.24) is 0 Å². The predicted molar refractivity (Wildman–Crippen MR) is 82.0 cm³/mol. The number of carboxylic acid groups (broad SMARTS) is 1. The SMILES string of the molecule is CC(C)C(=O)O.CCC(O)CCO.CCCCOC(C)=O. The average molecular weight is 308 g/mol. The molecular weight excluding hydrogens is 276 g/mol. The van der Waals surface area contributed by atoms with Crippen molar-refractivity contribution in [3.8, 4) is 0 Å². The number of aliphatic hydroxyl groups excluding tert-OH is 2. The first-order valence-electron chi connectivity index (χ1n) is 7.37. The second kappa shape index (κ2) is 18.9. The summed E-state index contributed by atoms with van der Waals surface area (Å²) in [4.78, 5) is 19.8. The second-order valence-electron chi connectivity index (χ2n) is 4.76. The molecule has 0 aliphatic heterocycles. The molecular formula is C15H32O6. The van der Waals surface area contributed by atoms with Crippen molar-refractivity contribution < 1.29 is 29.6 Å². The normalized spacial score (nSPS) is 10.7. The molecule has 0 bridgehead atoms. The fraction of sp³-hybridized carbons (Fsp3) is 0.867. The highest BCUT2D eigenvalue weighted by Gasteiger charge is 1.99. The molecule has 0 saturated carbocycles. The van der Waals surface area contributed by atoms with Crippen molar-refractivity contribution in [2.24, 2.45) is 5.92 Å². The summed E-state index contributed by atoms with van der Waals surface area (Å²) in [6, 6.07) is 0. The van der Waals surface area contributed by atoms with Gasteiger partial charge in [0.1, 0.15) is 0 Å². The second-order valence-corrected chi connectivity index (χ2v) is 4.76. The molecule has 6 nitrogen and oxygen atoms in total. The molecule has 0 fully saturated rings. The number of aliphatic hydroxyl groups is 2. The molecule has 0 rings (SSSR count). The highest BCUT2D eigenvalue weighted by atomic mass is 16.5. The van der Waals surface area contributed by atoms with Crippen LogP contribution in [0.4, 0.5) is 0 Å². The zero-order valence-electron chi connectivity index (χ0n) is 14.0. The number of aliphatic carboxylic acids is 1. The molecule has 0 aromatic carbocycles. The molecule has 0 heterocycles. The Labute approximate surface area is 128 Å². The van der Waals surface area contributed by atoms with E-state index in [1.807, 2.05) is 6.92 Å². The summed E-state index contributed by atoms with van der Waals surface area (Å²) in [5, 5.41) is 24.9. The molecule has 128 valence electrons. The minimum atomic E-state index is -0.741. The van der Waals surface area contributed by atoms with Crippen molar-refractivity contribution in [3.63, 3.8) is 0 Å². The minimum absolute atomic E-state index is 0.0923. The molecule has 0 radical (unpaired) electrons. The number of carbonyl (C=O) groups is 2. The number of esters is 1. The molecule has 0 amide bonds. The van der Waals surface area contributed by atoms with E-state index in [1.165, 1.54) is 6.92 Å². The van der Waals surface area contributed by atoms with E-state index in [2.05, 4.69) is 11.7 Å². The van der Waals surface area contributed by atoms with Gasteiger partial charge < -0.3 is 20.1 Å². The Morgan fingerprint density at radius 3 is 1.86 bits per heavy atom. The van der Waals surface area contributed by atoms with E-state index in [1.54, 1.807) is 13.8 Å². The number of carboxylic acids is 1. The van der Waals surface area contributed by atoms with Crippen molar-refractivity contribution in [3.05, 3.63) is 0 Å². The summed E-state index contributed by atoms with van der Waals surface area (Å²) in [6.07, 6.45) is 2.99. The van der Waals surface area contributed by atoms with Gasteiger partial charge >= 0.3 is 11.9 Å². The first kappa shape index (κ1) is 24.9. The van der Waals surface area contributed by atoms with Gasteiger partial charge in [0, 0.05) is 13.5 Å². The van der Waals surface area contributed by atoms with Gasteiger partial charge in [-0.15, -0.1) is 0 Å². The maximum atomic E-state index is 10.1. The van der Waals surface area contributed by atoms with E-state index in [0.717, 1.165) is 19.3 Å². The molecule has 1 atom stereocenters. The van der Waals surface area contributed by atoms with E-state index in [9.17, 15) is 9.59 Å². The van der Waals surface area contributed by atoms with Crippen LogP contribution in [-0.4, -0.2) is 46.6 Å². The first-order chi connectivity index (χ1) is 9.72. The Hall–Kier alpha value is -1.14. The van der Waals surface area contributed by atoms with Crippen molar-refractivity contribution >= 4 is 11.9 Å². The van der Waals surface area contributed by atoms with Crippen LogP contribution in [0.2, 0.25) is 0 Å². The van der Waals surface area contributed by atoms with Crippen LogP contribution < -0.4 is 0 Å². The molecule has 0 aliphatic carbocycles. The van der Waals surface area contributed by atoms with E-state index in [0.29, 0.717) is 13.0 Å². The third-order valence-corrected chi connectivity index (χ3v) is 2.23. The molecule has 0 aromatic rings. The van der Waals surface area contributed by atoms with E-state index in [4.69, 9.17) is 15.3 Å². The van der Waals surface area contributed by atoms with Crippen LogP contribution in [0.1, 0.15) is 60.3 Å². The van der Waals surface area contributed by atoms with Gasteiger partial charge in [0.05, 0.1) is 18.6 Å². The zero-order valence-corrected chi connectivity index (χ0v) is 14.0. The fourth-order valence-corrected chi connectivity index (χ4v) is 0.713. The van der Waals surface area contributed by atoms with Crippen molar-refractivity contribution in [2.45, 2.75) is 66.4 Å². The topological polar surface area (TPSA) is 104 Å². The van der Waals surface area contributed by atoms with Gasteiger partial charge in [-0.25, -0.2) is 0 Å². The van der Waals surface area contributed by atoms with Gasteiger partial charge in [0.2, 0.25) is 0 Å². The lowest BCUT2D eigenvalue weighted by molar-refractivity contribution is -0.141. The zero-order chi connectivity index (χ0) is 17.3. The van der Waals surface area contributed by atoms with Crippen LogP contribution in [0.3, 0.4) is 0 Å². The van der Waals surface area contributed by atoms with Crippen LogP contribution in [0.15, 0.2) is 0 Å². The Morgan fingerprint density at radius 1 is 1.19 bits per heavy atom. The van der Waals surface area contributed by atoms with Gasteiger partial charge in [-0.3, -0.25) is 9.59 Å². The number of carbonyl (C=O) groups excluding carboxylic acids is 1. The molecule has 0 spiro atoms.